The number of H-pyrrole nitrogens is 1. The Morgan fingerprint density at radius 3 is 2.81 bits per heavy atom. The number of aromatic amines is 1. The largest absolute Gasteiger partial charge is 0.496 e. The van der Waals surface area contributed by atoms with Gasteiger partial charge in [-0.1, -0.05) is 18.2 Å². The van der Waals surface area contributed by atoms with Gasteiger partial charge in [0.05, 0.1) is 30.4 Å². The first-order valence-corrected chi connectivity index (χ1v) is 10.3. The number of nitrogens with zero attached hydrogens (tertiary/aromatic N) is 3. The molecule has 1 atom stereocenters. The Morgan fingerprint density at radius 1 is 1.27 bits per heavy atom. The molecule has 0 amide bonds. The molecule has 1 N–H and O–H groups in total. The van der Waals surface area contributed by atoms with Crippen LogP contribution in [0.25, 0.3) is 11.5 Å². The molecule has 1 aliphatic heterocycles. The fourth-order valence-corrected chi connectivity index (χ4v) is 5.03. The number of methoxy groups -OCH3 is 1. The third kappa shape index (κ3) is 3.24. The van der Waals surface area contributed by atoms with Crippen LogP contribution in [0.15, 0.2) is 42.6 Å². The molecule has 7 nitrogen and oxygen atoms in total. The van der Waals surface area contributed by atoms with E-state index in [0.717, 1.165) is 17.0 Å². The van der Waals surface area contributed by atoms with Gasteiger partial charge in [-0.05, 0) is 24.6 Å². The smallest absolute Gasteiger partial charge is 0.175 e. The molecule has 4 rings (SSSR count). The van der Waals surface area contributed by atoms with Gasteiger partial charge in [-0.25, -0.2) is 18.1 Å². The molecule has 1 fully saturated rings. The molecule has 0 spiro atoms. The molecule has 8 heteroatoms. The van der Waals surface area contributed by atoms with E-state index in [1.807, 2.05) is 42.6 Å². The molecule has 0 unspecified atom stereocenters. The second-order valence-corrected chi connectivity index (χ2v) is 8.65. The zero-order chi connectivity index (χ0) is 18.1. The zero-order valence-corrected chi connectivity index (χ0v) is 15.2. The van der Waals surface area contributed by atoms with E-state index >= 15 is 0 Å². The number of rotatable bonds is 5. The highest BCUT2D eigenvalue weighted by molar-refractivity contribution is 7.91. The number of hydrogen-bond donors (Lipinski definition) is 1. The molecular formula is C18H20N4O3S. The van der Waals surface area contributed by atoms with Crippen LogP contribution in [0.5, 0.6) is 5.75 Å². The zero-order valence-electron chi connectivity index (χ0n) is 14.4. The number of benzene rings is 1. The van der Waals surface area contributed by atoms with E-state index in [2.05, 4.69) is 15.1 Å². The first-order chi connectivity index (χ1) is 12.6. The molecule has 3 heterocycles. The van der Waals surface area contributed by atoms with Crippen LogP contribution in [0.1, 0.15) is 23.9 Å². The number of nitrogens with one attached hydrogen (secondary N) is 1. The predicted octanol–water partition coefficient (Wildman–Crippen LogP) is 2.23. The summed E-state index contributed by atoms with van der Waals surface area (Å²) in [4.78, 5) is 7.83. The van der Waals surface area contributed by atoms with Crippen molar-refractivity contribution in [3.63, 3.8) is 0 Å². The van der Waals surface area contributed by atoms with Crippen molar-refractivity contribution >= 4 is 9.84 Å². The maximum atomic E-state index is 11.9. The van der Waals surface area contributed by atoms with E-state index in [1.165, 1.54) is 0 Å². The van der Waals surface area contributed by atoms with Crippen molar-refractivity contribution in [3.8, 4) is 17.3 Å². The fraction of sp³-hybridized carbons (Fsp3) is 0.333. The van der Waals surface area contributed by atoms with E-state index in [0.29, 0.717) is 24.5 Å². The van der Waals surface area contributed by atoms with Crippen molar-refractivity contribution in [3.05, 3.63) is 54.0 Å². The van der Waals surface area contributed by atoms with Crippen LogP contribution < -0.4 is 4.74 Å². The van der Waals surface area contributed by atoms with E-state index < -0.39 is 9.84 Å². The summed E-state index contributed by atoms with van der Waals surface area (Å²) in [6, 6.07) is 11.4. The third-order valence-corrected chi connectivity index (χ3v) is 6.36. The van der Waals surface area contributed by atoms with E-state index in [1.54, 1.807) is 11.8 Å². The van der Waals surface area contributed by atoms with Gasteiger partial charge in [-0.2, -0.15) is 5.10 Å². The summed E-state index contributed by atoms with van der Waals surface area (Å²) in [5.74, 6) is 2.40. The van der Waals surface area contributed by atoms with Crippen LogP contribution >= 0.6 is 0 Å². The summed E-state index contributed by atoms with van der Waals surface area (Å²) < 4.78 is 31.0. The monoisotopic (exact) mass is 372 g/mol. The molecule has 0 aliphatic carbocycles. The average molecular weight is 372 g/mol. The van der Waals surface area contributed by atoms with E-state index in [9.17, 15) is 8.42 Å². The molecule has 1 aliphatic rings. The van der Waals surface area contributed by atoms with Crippen molar-refractivity contribution in [2.75, 3.05) is 18.6 Å². The van der Waals surface area contributed by atoms with Crippen LogP contribution in [0.4, 0.5) is 0 Å². The second-order valence-electron chi connectivity index (χ2n) is 6.43. The Bertz CT molecular complexity index is 1010. The molecule has 1 saturated heterocycles. The first-order valence-electron chi connectivity index (χ1n) is 8.47. The number of hydrogen-bond acceptors (Lipinski definition) is 5. The highest BCUT2D eigenvalue weighted by Crippen LogP contribution is 2.29. The standard InChI is InChI=1S/C18H20N4O3S/c1-25-16-7-3-2-5-13(16)11-17-20-18(15-6-4-9-19-15)22(21-17)14-8-10-26(23,24)12-14/h2-7,9,14,19H,8,10-12H2,1H3/t14-/m1/s1. The van der Waals surface area contributed by atoms with Gasteiger partial charge in [0.15, 0.2) is 21.5 Å². The van der Waals surface area contributed by atoms with Crippen molar-refractivity contribution in [1.82, 2.24) is 19.7 Å². The number of sulfone groups is 1. The summed E-state index contributed by atoms with van der Waals surface area (Å²) in [6.45, 7) is 0. The van der Waals surface area contributed by atoms with Crippen molar-refractivity contribution in [1.29, 1.82) is 0 Å². The lowest BCUT2D eigenvalue weighted by Gasteiger charge is -2.10. The SMILES string of the molecule is COc1ccccc1Cc1nc(-c2ccc[nH]2)n([C@@H]2CCS(=O)(=O)C2)n1. The normalized spacial score (nSPS) is 18.9. The van der Waals surface area contributed by atoms with Gasteiger partial charge < -0.3 is 9.72 Å². The van der Waals surface area contributed by atoms with Crippen molar-refractivity contribution < 1.29 is 13.2 Å². The number of aromatic nitrogens is 4. The molecule has 0 saturated carbocycles. The molecule has 2 aromatic heterocycles. The maximum absolute atomic E-state index is 11.9. The summed E-state index contributed by atoms with van der Waals surface area (Å²) in [5.41, 5.74) is 1.82. The van der Waals surface area contributed by atoms with Crippen LogP contribution in [0, 0.1) is 0 Å². The predicted molar refractivity (Wildman–Crippen MR) is 97.9 cm³/mol. The quantitative estimate of drug-likeness (QED) is 0.742. The first kappa shape index (κ1) is 16.8. The summed E-state index contributed by atoms with van der Waals surface area (Å²) >= 11 is 0. The molecule has 136 valence electrons. The summed E-state index contributed by atoms with van der Waals surface area (Å²) in [7, 11) is -1.37. The van der Waals surface area contributed by atoms with Crippen LogP contribution in [-0.2, 0) is 16.3 Å². The van der Waals surface area contributed by atoms with E-state index in [4.69, 9.17) is 4.74 Å². The highest BCUT2D eigenvalue weighted by Gasteiger charge is 2.32. The number of ether oxygens (including phenoxy) is 1. The van der Waals surface area contributed by atoms with Crippen LogP contribution in [0.2, 0.25) is 0 Å². The van der Waals surface area contributed by atoms with Crippen LogP contribution in [0.3, 0.4) is 0 Å². The lowest BCUT2D eigenvalue weighted by molar-refractivity contribution is 0.410. The minimum absolute atomic E-state index is 0.109. The minimum atomic E-state index is -3.01. The van der Waals surface area contributed by atoms with Gasteiger partial charge in [-0.15, -0.1) is 0 Å². The molecular weight excluding hydrogens is 352 g/mol. The van der Waals surface area contributed by atoms with Crippen molar-refractivity contribution in [2.24, 2.45) is 0 Å². The van der Waals surface area contributed by atoms with Gasteiger partial charge in [0.2, 0.25) is 0 Å². The summed E-state index contributed by atoms with van der Waals surface area (Å²) in [5, 5.41) is 4.65. The molecule has 1 aromatic carbocycles. The fourth-order valence-electron chi connectivity index (χ4n) is 3.34. The van der Waals surface area contributed by atoms with E-state index in [-0.39, 0.29) is 17.5 Å². The third-order valence-electron chi connectivity index (χ3n) is 4.61. The van der Waals surface area contributed by atoms with Gasteiger partial charge >= 0.3 is 0 Å². The molecule has 26 heavy (non-hydrogen) atoms. The topological polar surface area (TPSA) is 89.9 Å². The Morgan fingerprint density at radius 2 is 2.12 bits per heavy atom. The molecule has 0 bridgehead atoms. The lowest BCUT2D eigenvalue weighted by Crippen LogP contribution is -2.14. The Hall–Kier alpha value is -2.61. The van der Waals surface area contributed by atoms with Gasteiger partial charge in [0.1, 0.15) is 5.75 Å². The van der Waals surface area contributed by atoms with Gasteiger partial charge in [0.25, 0.3) is 0 Å². The minimum Gasteiger partial charge on any atom is -0.496 e. The lowest BCUT2D eigenvalue weighted by atomic mass is 10.1. The maximum Gasteiger partial charge on any atom is 0.175 e. The Kier molecular flexibility index (Phi) is 4.28. The van der Waals surface area contributed by atoms with Gasteiger partial charge in [0, 0.05) is 18.2 Å². The second kappa shape index (κ2) is 6.60. The van der Waals surface area contributed by atoms with Gasteiger partial charge in [-0.3, -0.25) is 0 Å². The van der Waals surface area contributed by atoms with Crippen molar-refractivity contribution in [2.45, 2.75) is 18.9 Å². The molecule has 0 radical (unpaired) electrons. The molecule has 3 aromatic rings. The Balaban J connectivity index is 1.72. The summed E-state index contributed by atoms with van der Waals surface area (Å²) in [6.07, 6.45) is 2.90. The van der Waals surface area contributed by atoms with Crippen LogP contribution in [-0.4, -0.2) is 46.8 Å². The average Bonchev–Trinajstić information content (AvgIpc) is 3.34. The Labute approximate surface area is 152 Å². The number of para-hydroxylation sites is 1. The highest BCUT2D eigenvalue weighted by atomic mass is 32.2.